The number of H-pyrrole nitrogens is 1. The molecule has 0 aliphatic carbocycles. The Labute approximate surface area is 78.2 Å². The molecule has 3 aromatic rings. The fraction of sp³-hybridized carbons (Fsp3) is 0. The van der Waals surface area contributed by atoms with Gasteiger partial charge in [0.05, 0.1) is 5.52 Å². The maximum atomic E-state index is 10.9. The molecule has 2 heterocycles. The third-order valence-electron chi connectivity index (χ3n) is 2.17. The molecule has 1 aromatic carbocycles. The molecule has 0 aliphatic heterocycles. The van der Waals surface area contributed by atoms with Crippen LogP contribution in [0.2, 0.25) is 0 Å². The minimum atomic E-state index is -0.551. The van der Waals surface area contributed by atoms with Gasteiger partial charge in [0, 0.05) is 11.6 Å². The number of nitrogens with zero attached hydrogens (tertiary/aromatic N) is 1. The molecule has 0 spiro atoms. The van der Waals surface area contributed by atoms with E-state index in [1.165, 1.54) is 0 Å². The highest BCUT2D eigenvalue weighted by atomic mass is 16.4. The average Bonchev–Trinajstić information content (AvgIpc) is 2.59. The van der Waals surface area contributed by atoms with Crippen molar-refractivity contribution in [3.63, 3.8) is 0 Å². The lowest BCUT2D eigenvalue weighted by atomic mass is 10.2. The number of pyridine rings is 1. The standard InChI is InChI=1S/C10H6N2O2/c13-10-12-7-4-3-6-2-1-5-11-8(6)9(7)14-10/h1-5,11H. The summed E-state index contributed by atoms with van der Waals surface area (Å²) in [6.45, 7) is 0. The Kier molecular flexibility index (Phi) is 1.28. The van der Waals surface area contributed by atoms with Gasteiger partial charge in [0.1, 0.15) is 5.52 Å². The quantitative estimate of drug-likeness (QED) is 0.581. The predicted octanol–water partition coefficient (Wildman–Crippen LogP) is 1.67. The summed E-state index contributed by atoms with van der Waals surface area (Å²) in [4.78, 5) is 17.7. The first-order chi connectivity index (χ1) is 6.84. The second-order valence-corrected chi connectivity index (χ2v) is 3.03. The maximum absolute atomic E-state index is 10.9. The Bertz CT molecular complexity index is 666. The topological polar surface area (TPSA) is 58.9 Å². The summed E-state index contributed by atoms with van der Waals surface area (Å²) in [6.07, 6.45) is 1.79. The van der Waals surface area contributed by atoms with Gasteiger partial charge in [-0.2, -0.15) is 4.98 Å². The van der Waals surface area contributed by atoms with Crippen LogP contribution in [0.1, 0.15) is 0 Å². The second-order valence-electron chi connectivity index (χ2n) is 3.03. The molecule has 0 aliphatic rings. The number of benzene rings is 1. The van der Waals surface area contributed by atoms with Crippen molar-refractivity contribution in [1.82, 2.24) is 9.97 Å². The van der Waals surface area contributed by atoms with Crippen LogP contribution in [0, 0.1) is 0 Å². The molecule has 0 amide bonds. The van der Waals surface area contributed by atoms with Gasteiger partial charge in [-0.05, 0) is 12.1 Å². The van der Waals surface area contributed by atoms with Gasteiger partial charge in [-0.3, -0.25) is 0 Å². The van der Waals surface area contributed by atoms with Crippen molar-refractivity contribution in [1.29, 1.82) is 0 Å². The molecule has 4 heteroatoms. The van der Waals surface area contributed by atoms with Crippen LogP contribution in [-0.4, -0.2) is 9.97 Å². The van der Waals surface area contributed by atoms with Crippen LogP contribution >= 0.6 is 0 Å². The SMILES string of the molecule is O=c1nc2ccc3ccc[nH]c3c2o1. The number of hydrogen-bond acceptors (Lipinski definition) is 3. The third kappa shape index (κ3) is 0.877. The largest absolute Gasteiger partial charge is 0.439 e. The van der Waals surface area contributed by atoms with E-state index in [9.17, 15) is 4.79 Å². The average molecular weight is 186 g/mol. The van der Waals surface area contributed by atoms with Crippen molar-refractivity contribution >= 4 is 22.0 Å². The van der Waals surface area contributed by atoms with E-state index in [0.717, 1.165) is 10.9 Å². The summed E-state index contributed by atoms with van der Waals surface area (Å²) in [6, 6.07) is 7.51. The lowest BCUT2D eigenvalue weighted by Gasteiger charge is -1.95. The van der Waals surface area contributed by atoms with Gasteiger partial charge in [-0.15, -0.1) is 0 Å². The number of oxazole rings is 1. The molecule has 0 bridgehead atoms. The molecule has 0 atom stereocenters. The van der Waals surface area contributed by atoms with Crippen molar-refractivity contribution in [2.24, 2.45) is 0 Å². The zero-order chi connectivity index (χ0) is 9.54. The normalized spacial score (nSPS) is 11.1. The second kappa shape index (κ2) is 2.45. The van der Waals surface area contributed by atoms with E-state index in [2.05, 4.69) is 9.97 Å². The Balaban J connectivity index is 2.66. The maximum Gasteiger partial charge on any atom is 0.439 e. The summed E-state index contributed by atoms with van der Waals surface area (Å²) in [5.74, 6) is -0.551. The lowest BCUT2D eigenvalue weighted by molar-refractivity contribution is 0.557. The summed E-state index contributed by atoms with van der Waals surface area (Å²) in [5, 5.41) is 0.996. The minimum absolute atomic E-state index is 0.521. The number of rotatable bonds is 0. The Morgan fingerprint density at radius 2 is 2.21 bits per heavy atom. The molecule has 14 heavy (non-hydrogen) atoms. The zero-order valence-electron chi connectivity index (χ0n) is 7.15. The summed E-state index contributed by atoms with van der Waals surface area (Å²) >= 11 is 0. The van der Waals surface area contributed by atoms with Crippen molar-refractivity contribution in [3.05, 3.63) is 41.0 Å². The molecule has 1 N–H and O–H groups in total. The highest BCUT2D eigenvalue weighted by Gasteiger charge is 2.06. The third-order valence-corrected chi connectivity index (χ3v) is 2.17. The van der Waals surface area contributed by atoms with Crippen molar-refractivity contribution < 1.29 is 4.42 Å². The Morgan fingerprint density at radius 3 is 3.14 bits per heavy atom. The van der Waals surface area contributed by atoms with E-state index in [4.69, 9.17) is 4.42 Å². The fourth-order valence-corrected chi connectivity index (χ4v) is 1.56. The van der Waals surface area contributed by atoms with Gasteiger partial charge in [-0.1, -0.05) is 12.1 Å². The molecule has 4 nitrogen and oxygen atoms in total. The summed E-state index contributed by atoms with van der Waals surface area (Å²) < 4.78 is 4.98. The van der Waals surface area contributed by atoms with Crippen LogP contribution < -0.4 is 5.76 Å². The number of aromatic amines is 1. The van der Waals surface area contributed by atoms with Gasteiger partial charge in [-0.25, -0.2) is 4.79 Å². The van der Waals surface area contributed by atoms with E-state index >= 15 is 0 Å². The monoisotopic (exact) mass is 186 g/mol. The molecular weight excluding hydrogens is 180 g/mol. The van der Waals surface area contributed by atoms with Crippen molar-refractivity contribution in [2.75, 3.05) is 0 Å². The molecule has 0 saturated carbocycles. The van der Waals surface area contributed by atoms with Gasteiger partial charge in [0.15, 0.2) is 5.58 Å². The number of hydrogen-bond donors (Lipinski definition) is 1. The van der Waals surface area contributed by atoms with E-state index < -0.39 is 5.76 Å². The molecule has 0 unspecified atom stereocenters. The molecule has 68 valence electrons. The van der Waals surface area contributed by atoms with E-state index in [1.807, 2.05) is 18.2 Å². The molecule has 3 rings (SSSR count). The molecule has 0 saturated heterocycles. The van der Waals surface area contributed by atoms with Gasteiger partial charge < -0.3 is 9.40 Å². The predicted molar refractivity (Wildman–Crippen MR) is 52.1 cm³/mol. The van der Waals surface area contributed by atoms with E-state index in [-0.39, 0.29) is 0 Å². The highest BCUT2D eigenvalue weighted by molar-refractivity contribution is 5.99. The molecule has 0 radical (unpaired) electrons. The van der Waals surface area contributed by atoms with Crippen LogP contribution in [0.3, 0.4) is 0 Å². The van der Waals surface area contributed by atoms with Crippen molar-refractivity contribution in [2.45, 2.75) is 0 Å². The van der Waals surface area contributed by atoms with Crippen LogP contribution in [0.5, 0.6) is 0 Å². The highest BCUT2D eigenvalue weighted by Crippen LogP contribution is 2.20. The summed E-state index contributed by atoms with van der Waals surface area (Å²) in [5.41, 5.74) is 1.91. The Morgan fingerprint density at radius 1 is 1.29 bits per heavy atom. The first-order valence-corrected chi connectivity index (χ1v) is 4.21. The number of fused-ring (bicyclic) bond motifs is 3. The Hall–Kier alpha value is -2.10. The number of nitrogens with one attached hydrogen (secondary N) is 1. The zero-order valence-corrected chi connectivity index (χ0v) is 7.15. The van der Waals surface area contributed by atoms with Gasteiger partial charge >= 0.3 is 5.76 Å². The lowest BCUT2D eigenvalue weighted by Crippen LogP contribution is -1.92. The molecule has 2 aromatic heterocycles. The van der Waals surface area contributed by atoms with Crippen molar-refractivity contribution in [3.8, 4) is 0 Å². The fourth-order valence-electron chi connectivity index (χ4n) is 1.56. The van der Waals surface area contributed by atoms with Crippen LogP contribution in [0.4, 0.5) is 0 Å². The van der Waals surface area contributed by atoms with E-state index in [1.54, 1.807) is 12.3 Å². The minimum Gasteiger partial charge on any atom is -0.404 e. The van der Waals surface area contributed by atoms with E-state index in [0.29, 0.717) is 11.1 Å². The number of aromatic nitrogens is 2. The first-order valence-electron chi connectivity index (χ1n) is 4.21. The molecular formula is C10H6N2O2. The van der Waals surface area contributed by atoms with Crippen LogP contribution in [0.15, 0.2) is 39.7 Å². The van der Waals surface area contributed by atoms with Crippen LogP contribution in [-0.2, 0) is 0 Å². The smallest absolute Gasteiger partial charge is 0.404 e. The van der Waals surface area contributed by atoms with Gasteiger partial charge in [0.2, 0.25) is 0 Å². The van der Waals surface area contributed by atoms with Gasteiger partial charge in [0.25, 0.3) is 0 Å². The summed E-state index contributed by atoms with van der Waals surface area (Å²) in [7, 11) is 0. The first kappa shape index (κ1) is 7.32. The van der Waals surface area contributed by atoms with Crippen LogP contribution in [0.25, 0.3) is 22.0 Å². The molecule has 0 fully saturated rings.